The SMILES string of the molecule is O=C(N[C@@H]1CCCc2occc21)c1ccc[nH]1. The summed E-state index contributed by atoms with van der Waals surface area (Å²) >= 11 is 0. The number of carbonyl (C=O) groups excluding carboxylic acids is 1. The van der Waals surface area contributed by atoms with Crippen molar-refractivity contribution in [2.75, 3.05) is 0 Å². The maximum atomic E-state index is 11.9. The highest BCUT2D eigenvalue weighted by Gasteiger charge is 2.24. The number of aromatic amines is 1. The third-order valence-electron chi connectivity index (χ3n) is 3.20. The smallest absolute Gasteiger partial charge is 0.268 e. The summed E-state index contributed by atoms with van der Waals surface area (Å²) in [7, 11) is 0. The van der Waals surface area contributed by atoms with E-state index in [1.165, 1.54) is 0 Å². The van der Waals surface area contributed by atoms with Gasteiger partial charge in [0, 0.05) is 18.2 Å². The normalized spacial score (nSPS) is 18.7. The number of furan rings is 1. The maximum absolute atomic E-state index is 11.9. The van der Waals surface area contributed by atoms with Gasteiger partial charge in [-0.15, -0.1) is 0 Å². The van der Waals surface area contributed by atoms with Crippen molar-refractivity contribution in [2.45, 2.75) is 25.3 Å². The Morgan fingerprint density at radius 2 is 2.41 bits per heavy atom. The van der Waals surface area contributed by atoms with Crippen LogP contribution < -0.4 is 5.32 Å². The molecule has 0 spiro atoms. The Morgan fingerprint density at radius 3 is 3.24 bits per heavy atom. The van der Waals surface area contributed by atoms with Gasteiger partial charge in [0.25, 0.3) is 5.91 Å². The molecule has 2 heterocycles. The van der Waals surface area contributed by atoms with Gasteiger partial charge in [0.1, 0.15) is 11.5 Å². The van der Waals surface area contributed by atoms with E-state index in [2.05, 4.69) is 10.3 Å². The van der Waals surface area contributed by atoms with E-state index in [0.717, 1.165) is 30.6 Å². The maximum Gasteiger partial charge on any atom is 0.268 e. The average Bonchev–Trinajstić information content (AvgIpc) is 3.00. The zero-order valence-corrected chi connectivity index (χ0v) is 9.40. The van der Waals surface area contributed by atoms with E-state index in [9.17, 15) is 4.79 Å². The number of nitrogens with one attached hydrogen (secondary N) is 2. The number of rotatable bonds is 2. The molecule has 2 aromatic heterocycles. The quantitative estimate of drug-likeness (QED) is 0.832. The molecule has 0 saturated heterocycles. The van der Waals surface area contributed by atoms with E-state index in [-0.39, 0.29) is 11.9 Å². The molecule has 1 amide bonds. The lowest BCUT2D eigenvalue weighted by molar-refractivity contribution is 0.0928. The van der Waals surface area contributed by atoms with Gasteiger partial charge >= 0.3 is 0 Å². The predicted octanol–water partition coefficient (Wildman–Crippen LogP) is 2.42. The van der Waals surface area contributed by atoms with E-state index < -0.39 is 0 Å². The van der Waals surface area contributed by atoms with Crippen LogP contribution in [0.3, 0.4) is 0 Å². The molecular weight excluding hydrogens is 216 g/mol. The molecule has 0 saturated carbocycles. The molecule has 1 atom stereocenters. The number of H-pyrrole nitrogens is 1. The Bertz CT molecular complexity index is 513. The Kier molecular flexibility index (Phi) is 2.48. The van der Waals surface area contributed by atoms with Gasteiger partial charge < -0.3 is 14.7 Å². The number of fused-ring (bicyclic) bond motifs is 1. The summed E-state index contributed by atoms with van der Waals surface area (Å²) in [6.45, 7) is 0. The average molecular weight is 230 g/mol. The summed E-state index contributed by atoms with van der Waals surface area (Å²) in [5.41, 5.74) is 1.72. The van der Waals surface area contributed by atoms with Gasteiger partial charge in [-0.25, -0.2) is 0 Å². The van der Waals surface area contributed by atoms with Crippen molar-refractivity contribution in [1.82, 2.24) is 10.3 Å². The minimum Gasteiger partial charge on any atom is -0.469 e. The second-order valence-electron chi connectivity index (χ2n) is 4.30. The highest BCUT2D eigenvalue weighted by molar-refractivity contribution is 5.92. The van der Waals surface area contributed by atoms with E-state index >= 15 is 0 Å². The highest BCUT2D eigenvalue weighted by Crippen LogP contribution is 2.30. The van der Waals surface area contributed by atoms with Gasteiger partial charge in [-0.05, 0) is 31.0 Å². The second kappa shape index (κ2) is 4.13. The Balaban J connectivity index is 1.77. The van der Waals surface area contributed by atoms with Crippen LogP contribution in [0.2, 0.25) is 0 Å². The molecule has 4 nitrogen and oxygen atoms in total. The number of aromatic nitrogens is 1. The first-order valence-corrected chi connectivity index (χ1v) is 5.85. The minimum atomic E-state index is -0.0611. The molecule has 0 radical (unpaired) electrons. The lowest BCUT2D eigenvalue weighted by Crippen LogP contribution is -2.30. The molecule has 0 unspecified atom stereocenters. The van der Waals surface area contributed by atoms with Crippen molar-refractivity contribution < 1.29 is 9.21 Å². The zero-order chi connectivity index (χ0) is 11.7. The van der Waals surface area contributed by atoms with Crippen LogP contribution in [0.5, 0.6) is 0 Å². The lowest BCUT2D eigenvalue weighted by atomic mass is 9.93. The highest BCUT2D eigenvalue weighted by atomic mass is 16.3. The topological polar surface area (TPSA) is 58.0 Å². The molecule has 0 bridgehead atoms. The second-order valence-corrected chi connectivity index (χ2v) is 4.30. The van der Waals surface area contributed by atoms with Crippen molar-refractivity contribution in [1.29, 1.82) is 0 Å². The molecule has 88 valence electrons. The fraction of sp³-hybridized carbons (Fsp3) is 0.308. The first kappa shape index (κ1) is 10.2. The summed E-state index contributed by atoms with van der Waals surface area (Å²) in [6.07, 6.45) is 6.44. The molecule has 3 rings (SSSR count). The van der Waals surface area contributed by atoms with Gasteiger partial charge in [0.05, 0.1) is 12.3 Å². The van der Waals surface area contributed by atoms with Crippen molar-refractivity contribution in [3.8, 4) is 0 Å². The monoisotopic (exact) mass is 230 g/mol. The molecule has 2 aromatic rings. The van der Waals surface area contributed by atoms with E-state index in [4.69, 9.17) is 4.42 Å². The van der Waals surface area contributed by atoms with Crippen LogP contribution in [0.1, 0.15) is 40.7 Å². The molecule has 0 aliphatic heterocycles. The summed E-state index contributed by atoms with van der Waals surface area (Å²) in [5.74, 6) is 0.946. The molecule has 2 N–H and O–H groups in total. The van der Waals surface area contributed by atoms with Crippen molar-refractivity contribution in [3.05, 3.63) is 47.7 Å². The summed E-state index contributed by atoms with van der Waals surface area (Å²) < 4.78 is 5.40. The third-order valence-corrected chi connectivity index (χ3v) is 3.20. The van der Waals surface area contributed by atoms with E-state index in [1.54, 1.807) is 18.5 Å². The fourth-order valence-corrected chi connectivity index (χ4v) is 2.34. The predicted molar refractivity (Wildman–Crippen MR) is 62.6 cm³/mol. The molecule has 1 aliphatic carbocycles. The third kappa shape index (κ3) is 1.86. The number of hydrogen-bond acceptors (Lipinski definition) is 2. The van der Waals surface area contributed by atoms with Crippen LogP contribution in [0, 0.1) is 0 Å². The van der Waals surface area contributed by atoms with Crippen LogP contribution in [-0.2, 0) is 6.42 Å². The number of hydrogen-bond donors (Lipinski definition) is 2. The first-order valence-electron chi connectivity index (χ1n) is 5.85. The van der Waals surface area contributed by atoms with Gasteiger partial charge in [-0.1, -0.05) is 0 Å². The van der Waals surface area contributed by atoms with Crippen molar-refractivity contribution in [3.63, 3.8) is 0 Å². The van der Waals surface area contributed by atoms with Crippen LogP contribution in [0.25, 0.3) is 0 Å². The summed E-state index contributed by atoms with van der Waals surface area (Å²) in [4.78, 5) is 14.8. The zero-order valence-electron chi connectivity index (χ0n) is 9.40. The molecule has 17 heavy (non-hydrogen) atoms. The Hall–Kier alpha value is -1.97. The number of aryl methyl sites for hydroxylation is 1. The molecule has 0 aromatic carbocycles. The standard InChI is InChI=1S/C13H14N2O2/c16-13(11-4-2-7-14-11)15-10-3-1-5-12-9(10)6-8-17-12/h2,4,6-8,10,14H,1,3,5H2,(H,15,16)/t10-/m1/s1. The summed E-state index contributed by atoms with van der Waals surface area (Å²) in [5, 5.41) is 3.03. The minimum absolute atomic E-state index is 0.0611. The lowest BCUT2D eigenvalue weighted by Gasteiger charge is -2.22. The van der Waals surface area contributed by atoms with Crippen LogP contribution in [0.15, 0.2) is 35.1 Å². The fourth-order valence-electron chi connectivity index (χ4n) is 2.34. The molecule has 1 aliphatic rings. The van der Waals surface area contributed by atoms with E-state index in [1.807, 2.05) is 12.1 Å². The van der Waals surface area contributed by atoms with Crippen molar-refractivity contribution in [2.24, 2.45) is 0 Å². The number of amides is 1. The Morgan fingerprint density at radius 1 is 1.47 bits per heavy atom. The van der Waals surface area contributed by atoms with E-state index in [0.29, 0.717) is 5.69 Å². The van der Waals surface area contributed by atoms with Crippen LogP contribution >= 0.6 is 0 Å². The summed E-state index contributed by atoms with van der Waals surface area (Å²) in [6, 6.07) is 5.62. The van der Waals surface area contributed by atoms with Crippen LogP contribution in [0.4, 0.5) is 0 Å². The van der Waals surface area contributed by atoms with Gasteiger partial charge in [-0.2, -0.15) is 0 Å². The largest absolute Gasteiger partial charge is 0.469 e. The van der Waals surface area contributed by atoms with Gasteiger partial charge in [0.2, 0.25) is 0 Å². The Labute approximate surface area is 99.0 Å². The van der Waals surface area contributed by atoms with Gasteiger partial charge in [-0.3, -0.25) is 4.79 Å². The number of carbonyl (C=O) groups is 1. The molecular formula is C13H14N2O2. The molecule has 4 heteroatoms. The first-order chi connectivity index (χ1) is 8.34. The van der Waals surface area contributed by atoms with Crippen molar-refractivity contribution >= 4 is 5.91 Å². The molecule has 0 fully saturated rings. The van der Waals surface area contributed by atoms with Gasteiger partial charge in [0.15, 0.2) is 0 Å². The van der Waals surface area contributed by atoms with Crippen LogP contribution in [-0.4, -0.2) is 10.9 Å².